The van der Waals surface area contributed by atoms with Crippen LogP contribution in [0.4, 0.5) is 0 Å². The minimum absolute atomic E-state index is 0.146. The van der Waals surface area contributed by atoms with Gasteiger partial charge in [0.2, 0.25) is 0 Å². The molecular weight excluding hydrogens is 428 g/mol. The van der Waals surface area contributed by atoms with E-state index in [1.165, 1.54) is 0 Å². The van der Waals surface area contributed by atoms with Gasteiger partial charge >= 0.3 is 0 Å². The summed E-state index contributed by atoms with van der Waals surface area (Å²) < 4.78 is 5.46. The summed E-state index contributed by atoms with van der Waals surface area (Å²) in [6.07, 6.45) is 2.22. The molecule has 0 radical (unpaired) electrons. The van der Waals surface area contributed by atoms with Gasteiger partial charge in [0.05, 0.1) is 28.1 Å². The van der Waals surface area contributed by atoms with E-state index < -0.39 is 0 Å². The topological polar surface area (TPSA) is 80.5 Å². The van der Waals surface area contributed by atoms with Crippen LogP contribution in [0.1, 0.15) is 46.5 Å². The third-order valence-electron chi connectivity index (χ3n) is 4.67. The molecule has 1 aliphatic rings. The number of nitrogens with one attached hydrogen (secondary N) is 2. The van der Waals surface area contributed by atoms with Crippen LogP contribution in [0, 0.1) is 18.6 Å². The maximum atomic E-state index is 12.5. The fraction of sp³-hybridized carbons (Fsp3) is 0.333. The molecule has 1 amide bonds. The third-order valence-corrected chi connectivity index (χ3v) is 6.11. The molecule has 1 saturated carbocycles. The van der Waals surface area contributed by atoms with Crippen LogP contribution in [0.5, 0.6) is 0 Å². The molecule has 3 aromatic rings. The molecule has 0 spiro atoms. The van der Waals surface area contributed by atoms with Crippen molar-refractivity contribution in [2.45, 2.75) is 39.3 Å². The second-order valence-corrected chi connectivity index (χ2v) is 7.85. The largest absolute Gasteiger partial charge is 0.345 e. The number of amides is 1. The van der Waals surface area contributed by atoms with Crippen molar-refractivity contribution in [1.29, 1.82) is 0 Å². The first kappa shape index (κ1) is 18.1. The van der Waals surface area contributed by atoms with Gasteiger partial charge in [-0.2, -0.15) is 10.2 Å². The average molecular weight is 447 g/mol. The first-order chi connectivity index (χ1) is 13.0. The molecule has 4 rings (SSSR count). The summed E-state index contributed by atoms with van der Waals surface area (Å²) in [5.74, 6) is 0.618. The third kappa shape index (κ3) is 3.49. The van der Waals surface area contributed by atoms with Crippen LogP contribution in [0.15, 0.2) is 28.7 Å². The molecule has 0 atom stereocenters. The smallest absolute Gasteiger partial charge is 0.251 e. The summed E-state index contributed by atoms with van der Waals surface area (Å²) >= 11 is 8.80. The Morgan fingerprint density at radius 2 is 2.04 bits per heavy atom. The second-order valence-electron chi connectivity index (χ2n) is 6.67. The Kier molecular flexibility index (Phi) is 4.73. The van der Waals surface area contributed by atoms with E-state index in [4.69, 9.17) is 12.2 Å². The van der Waals surface area contributed by atoms with Gasteiger partial charge in [-0.1, -0.05) is 0 Å². The van der Waals surface area contributed by atoms with Gasteiger partial charge in [-0.3, -0.25) is 14.5 Å². The molecule has 27 heavy (non-hydrogen) atoms. The van der Waals surface area contributed by atoms with E-state index in [-0.39, 0.29) is 5.91 Å². The van der Waals surface area contributed by atoms with Crippen LogP contribution in [-0.2, 0) is 6.54 Å². The van der Waals surface area contributed by atoms with Crippen LogP contribution in [0.2, 0.25) is 0 Å². The summed E-state index contributed by atoms with van der Waals surface area (Å²) in [4.78, 5) is 12.5. The monoisotopic (exact) mass is 446 g/mol. The van der Waals surface area contributed by atoms with Crippen LogP contribution < -0.4 is 5.32 Å². The van der Waals surface area contributed by atoms with Gasteiger partial charge in [-0.05, 0) is 79.1 Å². The molecule has 7 nitrogen and oxygen atoms in total. The number of nitrogens with zero attached hydrogens (tertiary/aromatic N) is 4. The standard InChI is InChI=1S/C18H19BrN6OS/c1-10-16(19)11(2)25(23-10)14-5-3-12(4-6-14)17(26)20-9-15-21-22-18(27)24(15)13-7-8-13/h3-6,13H,7-9H2,1-2H3,(H,20,26)(H,22,27). The molecule has 0 saturated heterocycles. The zero-order valence-electron chi connectivity index (χ0n) is 15.0. The number of aromatic amines is 1. The highest BCUT2D eigenvalue weighted by Crippen LogP contribution is 2.35. The number of aromatic nitrogens is 5. The maximum Gasteiger partial charge on any atom is 0.251 e. The molecule has 1 aromatic carbocycles. The van der Waals surface area contributed by atoms with Crippen molar-refractivity contribution in [2.75, 3.05) is 0 Å². The lowest BCUT2D eigenvalue weighted by Gasteiger charge is -2.08. The van der Waals surface area contributed by atoms with Crippen LogP contribution in [0.25, 0.3) is 5.69 Å². The molecule has 0 unspecified atom stereocenters. The number of rotatable bonds is 5. The first-order valence-electron chi connectivity index (χ1n) is 8.72. The van der Waals surface area contributed by atoms with Crippen LogP contribution >= 0.6 is 28.1 Å². The van der Waals surface area contributed by atoms with Crippen molar-refractivity contribution in [3.8, 4) is 5.69 Å². The highest BCUT2D eigenvalue weighted by Gasteiger charge is 2.27. The van der Waals surface area contributed by atoms with Crippen LogP contribution in [-0.4, -0.2) is 30.5 Å². The van der Waals surface area contributed by atoms with Gasteiger partial charge in [-0.15, -0.1) is 0 Å². The van der Waals surface area contributed by atoms with Gasteiger partial charge in [-0.25, -0.2) is 4.68 Å². The zero-order chi connectivity index (χ0) is 19.1. The zero-order valence-corrected chi connectivity index (χ0v) is 17.4. The van der Waals surface area contributed by atoms with E-state index in [2.05, 4.69) is 36.5 Å². The van der Waals surface area contributed by atoms with Gasteiger partial charge in [0.15, 0.2) is 10.6 Å². The van der Waals surface area contributed by atoms with Crippen molar-refractivity contribution in [1.82, 2.24) is 29.9 Å². The minimum atomic E-state index is -0.146. The van der Waals surface area contributed by atoms with E-state index in [1.54, 1.807) is 12.1 Å². The fourth-order valence-electron chi connectivity index (χ4n) is 3.06. The summed E-state index contributed by atoms with van der Waals surface area (Å²) in [6, 6.07) is 7.80. The van der Waals surface area contributed by atoms with E-state index in [9.17, 15) is 4.79 Å². The van der Waals surface area contributed by atoms with Gasteiger partial charge in [0.1, 0.15) is 0 Å². The molecule has 1 aliphatic carbocycles. The molecule has 2 N–H and O–H groups in total. The lowest BCUT2D eigenvalue weighted by molar-refractivity contribution is 0.0949. The Bertz CT molecular complexity index is 1060. The van der Waals surface area contributed by atoms with Gasteiger partial charge < -0.3 is 5.32 Å². The molecule has 9 heteroatoms. The molecular formula is C18H19BrN6OS. The number of carbonyl (C=O) groups is 1. The first-order valence-corrected chi connectivity index (χ1v) is 9.92. The lowest BCUT2D eigenvalue weighted by atomic mass is 10.2. The molecule has 0 aliphatic heterocycles. The van der Waals surface area contributed by atoms with E-state index in [1.807, 2.05) is 35.2 Å². The minimum Gasteiger partial charge on any atom is -0.345 e. The predicted octanol–water partition coefficient (Wildman–Crippen LogP) is 3.77. The molecule has 2 aromatic heterocycles. The number of aryl methyl sites for hydroxylation is 1. The number of hydrogen-bond donors (Lipinski definition) is 2. The molecule has 1 fully saturated rings. The maximum absolute atomic E-state index is 12.5. The number of halogens is 1. The fourth-order valence-corrected chi connectivity index (χ4v) is 3.61. The molecule has 0 bridgehead atoms. The SMILES string of the molecule is Cc1nn(-c2ccc(C(=O)NCc3n[nH]c(=S)n3C3CC3)cc2)c(C)c1Br. The Morgan fingerprint density at radius 3 is 2.63 bits per heavy atom. The normalized spacial score (nSPS) is 13.7. The highest BCUT2D eigenvalue weighted by molar-refractivity contribution is 9.10. The summed E-state index contributed by atoms with van der Waals surface area (Å²) in [5, 5.41) is 14.5. The van der Waals surface area contributed by atoms with Crippen molar-refractivity contribution in [2.24, 2.45) is 0 Å². The number of carbonyl (C=O) groups excluding carboxylic acids is 1. The van der Waals surface area contributed by atoms with Crippen LogP contribution in [0.3, 0.4) is 0 Å². The average Bonchev–Trinajstić information content (AvgIpc) is 3.39. The molecule has 140 valence electrons. The van der Waals surface area contributed by atoms with Crippen molar-refractivity contribution < 1.29 is 4.79 Å². The number of benzene rings is 1. The Hall–Kier alpha value is -2.26. The summed E-state index contributed by atoms with van der Waals surface area (Å²) in [5.41, 5.74) is 3.45. The Morgan fingerprint density at radius 1 is 1.33 bits per heavy atom. The molecule has 2 heterocycles. The second kappa shape index (κ2) is 7.05. The quantitative estimate of drug-likeness (QED) is 0.584. The van der Waals surface area contributed by atoms with Crippen molar-refractivity contribution in [3.63, 3.8) is 0 Å². The van der Waals surface area contributed by atoms with E-state index in [0.717, 1.165) is 40.2 Å². The number of hydrogen-bond acceptors (Lipinski definition) is 4. The van der Waals surface area contributed by atoms with Crippen molar-refractivity contribution >= 4 is 34.1 Å². The van der Waals surface area contributed by atoms with E-state index >= 15 is 0 Å². The lowest BCUT2D eigenvalue weighted by Crippen LogP contribution is -2.24. The summed E-state index contributed by atoms with van der Waals surface area (Å²) in [6.45, 7) is 4.29. The van der Waals surface area contributed by atoms with Crippen molar-refractivity contribution in [3.05, 3.63) is 56.3 Å². The van der Waals surface area contributed by atoms with Gasteiger partial charge in [0.25, 0.3) is 5.91 Å². The Balaban J connectivity index is 1.47. The Labute approximate surface area is 169 Å². The van der Waals surface area contributed by atoms with Gasteiger partial charge in [0, 0.05) is 11.6 Å². The number of H-pyrrole nitrogens is 1. The van der Waals surface area contributed by atoms with E-state index in [0.29, 0.717) is 22.9 Å². The summed E-state index contributed by atoms with van der Waals surface area (Å²) in [7, 11) is 0. The predicted molar refractivity (Wildman–Crippen MR) is 108 cm³/mol. The highest BCUT2D eigenvalue weighted by atomic mass is 79.9.